The molecule has 4 heterocycles. The molecule has 0 radical (unpaired) electrons. The van der Waals surface area contributed by atoms with Crippen molar-refractivity contribution < 1.29 is 4.79 Å². The number of carbonyl (C=O) groups excluding carboxylic acids is 1. The molecule has 120 valence electrons. The van der Waals surface area contributed by atoms with Gasteiger partial charge in [0.1, 0.15) is 18.2 Å². The van der Waals surface area contributed by atoms with Crippen molar-refractivity contribution in [2.45, 2.75) is 12.8 Å². The lowest BCUT2D eigenvalue weighted by molar-refractivity contribution is 0.0999. The van der Waals surface area contributed by atoms with Gasteiger partial charge in [-0.05, 0) is 43.6 Å². The van der Waals surface area contributed by atoms with Crippen molar-refractivity contribution in [1.29, 1.82) is 0 Å². The molecule has 24 heavy (non-hydrogen) atoms. The van der Waals surface area contributed by atoms with E-state index in [1.165, 1.54) is 31.5 Å². The molecule has 0 saturated carbocycles. The third kappa shape index (κ3) is 2.08. The number of hydrogen-bond donors (Lipinski definition) is 0. The first kappa shape index (κ1) is 13.9. The van der Waals surface area contributed by atoms with Crippen LogP contribution in [0.4, 0.5) is 5.69 Å². The lowest BCUT2D eigenvalue weighted by Crippen LogP contribution is -2.40. The van der Waals surface area contributed by atoms with Crippen molar-refractivity contribution in [2.75, 3.05) is 26.2 Å². The van der Waals surface area contributed by atoms with E-state index in [9.17, 15) is 4.79 Å². The highest BCUT2D eigenvalue weighted by atomic mass is 16.1. The first-order chi connectivity index (χ1) is 11.8. The summed E-state index contributed by atoms with van der Waals surface area (Å²) in [7, 11) is 0. The highest BCUT2D eigenvalue weighted by Gasteiger charge is 2.32. The lowest BCUT2D eigenvalue weighted by Gasteiger charge is -2.33. The molecule has 0 N–H and O–H groups in total. The minimum Gasteiger partial charge on any atom is -0.299 e. The Bertz CT molecular complexity index is 856. The highest BCUT2D eigenvalue weighted by molar-refractivity contribution is 6.25. The Kier molecular flexibility index (Phi) is 3.03. The van der Waals surface area contributed by atoms with Gasteiger partial charge in [-0.3, -0.25) is 19.6 Å². The van der Waals surface area contributed by atoms with Gasteiger partial charge in [0, 0.05) is 18.3 Å². The number of aliphatic imine (C=N–C) groups is 2. The minimum absolute atomic E-state index is 0.0723. The van der Waals surface area contributed by atoms with Gasteiger partial charge < -0.3 is 0 Å². The van der Waals surface area contributed by atoms with E-state index in [4.69, 9.17) is 4.99 Å². The number of fused-ring (bicyclic) bond motifs is 2. The predicted molar refractivity (Wildman–Crippen MR) is 94.0 cm³/mol. The van der Waals surface area contributed by atoms with Crippen LogP contribution < -0.4 is 0 Å². The van der Waals surface area contributed by atoms with Crippen LogP contribution in [0.25, 0.3) is 0 Å². The van der Waals surface area contributed by atoms with Gasteiger partial charge in [0.15, 0.2) is 5.78 Å². The number of nitrogens with zero attached hydrogens (tertiary/aromatic N) is 4. The fourth-order valence-electron chi connectivity index (χ4n) is 3.82. The Morgan fingerprint density at radius 3 is 2.88 bits per heavy atom. The number of benzene rings is 1. The van der Waals surface area contributed by atoms with Gasteiger partial charge in [0.25, 0.3) is 0 Å². The number of Topliss-reactive ketones (excluding diaryl/α,β-unsaturated/α-hetero) is 1. The van der Waals surface area contributed by atoms with Gasteiger partial charge in [0.05, 0.1) is 11.3 Å². The van der Waals surface area contributed by atoms with Gasteiger partial charge in [-0.25, -0.2) is 4.99 Å². The largest absolute Gasteiger partial charge is 0.299 e. The molecule has 5 rings (SSSR count). The van der Waals surface area contributed by atoms with Crippen LogP contribution in [0.1, 0.15) is 28.8 Å². The fraction of sp³-hybridized carbons (Fsp3) is 0.316. The molecule has 4 aliphatic rings. The Balaban J connectivity index is 1.55. The molecule has 4 aliphatic heterocycles. The molecule has 0 unspecified atom stereocenters. The van der Waals surface area contributed by atoms with Crippen molar-refractivity contribution >= 4 is 23.1 Å². The molecule has 1 fully saturated rings. The molecule has 0 aromatic heterocycles. The molecule has 0 amide bonds. The molecule has 0 bridgehead atoms. The van der Waals surface area contributed by atoms with Gasteiger partial charge in [-0.15, -0.1) is 0 Å². The maximum absolute atomic E-state index is 12.2. The molecule has 1 aromatic carbocycles. The number of carbonyl (C=O) groups is 1. The molecular weight excluding hydrogens is 300 g/mol. The molecule has 0 atom stereocenters. The third-order valence-electron chi connectivity index (χ3n) is 5.00. The van der Waals surface area contributed by atoms with Crippen molar-refractivity contribution in [1.82, 2.24) is 9.80 Å². The summed E-state index contributed by atoms with van der Waals surface area (Å²) in [5.41, 5.74) is 3.72. The van der Waals surface area contributed by atoms with E-state index in [0.29, 0.717) is 0 Å². The van der Waals surface area contributed by atoms with E-state index in [0.717, 1.165) is 35.0 Å². The third-order valence-corrected chi connectivity index (χ3v) is 5.00. The smallest absolute Gasteiger partial charge is 0.185 e. The van der Waals surface area contributed by atoms with Crippen molar-refractivity contribution in [3.63, 3.8) is 0 Å². The van der Waals surface area contributed by atoms with Crippen molar-refractivity contribution in [3.8, 4) is 0 Å². The summed E-state index contributed by atoms with van der Waals surface area (Å²) in [6.07, 6.45) is 8.92. The Hall–Kier alpha value is -2.53. The van der Waals surface area contributed by atoms with Crippen LogP contribution in [0.2, 0.25) is 0 Å². The second-order valence-electron chi connectivity index (χ2n) is 6.62. The normalized spacial score (nSPS) is 21.9. The number of hydrogen-bond acceptors (Lipinski definition) is 5. The van der Waals surface area contributed by atoms with Crippen LogP contribution in [-0.4, -0.2) is 53.4 Å². The van der Waals surface area contributed by atoms with Gasteiger partial charge in [-0.2, -0.15) is 0 Å². The molecule has 1 saturated heterocycles. The number of amidine groups is 2. The van der Waals surface area contributed by atoms with E-state index in [-0.39, 0.29) is 12.3 Å². The zero-order valence-corrected chi connectivity index (χ0v) is 13.4. The molecule has 5 heteroatoms. The molecule has 1 aromatic rings. The minimum atomic E-state index is 0.0723. The van der Waals surface area contributed by atoms with E-state index in [2.05, 4.69) is 28.2 Å². The van der Waals surface area contributed by atoms with E-state index in [1.807, 2.05) is 23.1 Å². The number of rotatable bonds is 2. The van der Waals surface area contributed by atoms with Crippen LogP contribution in [0, 0.1) is 0 Å². The average Bonchev–Trinajstić information content (AvgIpc) is 3.11. The molecular formula is C19H18N4O. The molecule has 5 nitrogen and oxygen atoms in total. The van der Waals surface area contributed by atoms with E-state index < -0.39 is 0 Å². The summed E-state index contributed by atoms with van der Waals surface area (Å²) >= 11 is 0. The van der Waals surface area contributed by atoms with Crippen LogP contribution in [0.5, 0.6) is 0 Å². The van der Waals surface area contributed by atoms with Crippen LogP contribution in [-0.2, 0) is 0 Å². The van der Waals surface area contributed by atoms with Crippen LogP contribution in [0.15, 0.2) is 52.1 Å². The monoisotopic (exact) mass is 318 g/mol. The highest BCUT2D eigenvalue weighted by Crippen LogP contribution is 2.34. The second-order valence-corrected chi connectivity index (χ2v) is 6.62. The maximum atomic E-state index is 12.2. The molecule has 0 spiro atoms. The summed E-state index contributed by atoms with van der Waals surface area (Å²) in [6.45, 7) is 3.53. The van der Waals surface area contributed by atoms with Gasteiger partial charge in [-0.1, -0.05) is 18.2 Å². The van der Waals surface area contributed by atoms with Crippen LogP contribution >= 0.6 is 0 Å². The average molecular weight is 318 g/mol. The zero-order chi connectivity index (χ0) is 16.1. The zero-order valence-electron chi connectivity index (χ0n) is 13.4. The van der Waals surface area contributed by atoms with Crippen molar-refractivity contribution in [2.24, 2.45) is 9.98 Å². The van der Waals surface area contributed by atoms with Gasteiger partial charge in [0.2, 0.25) is 0 Å². The second kappa shape index (κ2) is 5.24. The molecule has 0 aliphatic carbocycles. The summed E-state index contributed by atoms with van der Waals surface area (Å²) in [5.74, 6) is 1.80. The SMILES string of the molecule is O=C1CN=C2c3c(cccc31)N=C1C=CC(CN3CCCC3)=CN12. The Morgan fingerprint density at radius 2 is 2.00 bits per heavy atom. The predicted octanol–water partition coefficient (Wildman–Crippen LogP) is 2.52. The first-order valence-corrected chi connectivity index (χ1v) is 8.50. The van der Waals surface area contributed by atoms with Crippen molar-refractivity contribution in [3.05, 3.63) is 53.3 Å². The first-order valence-electron chi connectivity index (χ1n) is 8.50. The Morgan fingerprint density at radius 1 is 1.12 bits per heavy atom. The quantitative estimate of drug-likeness (QED) is 0.842. The fourth-order valence-corrected chi connectivity index (χ4v) is 3.82. The number of likely N-dealkylation sites (tertiary alicyclic amines) is 1. The summed E-state index contributed by atoms with van der Waals surface area (Å²) in [6, 6.07) is 5.73. The number of ketones is 1. The van der Waals surface area contributed by atoms with Crippen LogP contribution in [0.3, 0.4) is 0 Å². The summed E-state index contributed by atoms with van der Waals surface area (Å²) in [4.78, 5) is 26.0. The van der Waals surface area contributed by atoms with E-state index in [1.54, 1.807) is 0 Å². The topological polar surface area (TPSA) is 48.3 Å². The summed E-state index contributed by atoms with van der Waals surface area (Å²) < 4.78 is 0. The van der Waals surface area contributed by atoms with E-state index >= 15 is 0 Å². The lowest BCUT2D eigenvalue weighted by atomic mass is 9.95. The Labute approximate surface area is 140 Å². The standard InChI is InChI=1S/C19H18N4O/c24-16-10-20-19-18-14(16)4-3-5-15(18)21-17-7-6-13(12-23(17)19)11-22-8-1-2-9-22/h3-7,12H,1-2,8-11H2. The maximum Gasteiger partial charge on any atom is 0.185 e. The van der Waals surface area contributed by atoms with Gasteiger partial charge >= 0.3 is 0 Å². The summed E-state index contributed by atoms with van der Waals surface area (Å²) in [5, 5.41) is 0.